The molecule has 0 saturated heterocycles. The summed E-state index contributed by atoms with van der Waals surface area (Å²) in [4.78, 5) is 17.8. The number of aryl methyl sites for hydroxylation is 1. The lowest BCUT2D eigenvalue weighted by Gasteiger charge is -2.12. The van der Waals surface area contributed by atoms with Gasteiger partial charge in [0.15, 0.2) is 0 Å². The van der Waals surface area contributed by atoms with Crippen LogP contribution in [-0.2, 0) is 16.1 Å². The highest BCUT2D eigenvalue weighted by atomic mass is 16.6. The zero-order valence-corrected chi connectivity index (χ0v) is 13.8. The van der Waals surface area contributed by atoms with Gasteiger partial charge in [-0.1, -0.05) is 42.4 Å². The summed E-state index contributed by atoms with van der Waals surface area (Å²) >= 11 is 0. The molecule has 24 heavy (non-hydrogen) atoms. The number of nitrogens with zero attached hydrogens (tertiary/aromatic N) is 1. The van der Waals surface area contributed by atoms with Crippen molar-refractivity contribution < 1.29 is 14.4 Å². The summed E-state index contributed by atoms with van der Waals surface area (Å²) in [6.45, 7) is 2.06. The smallest absolute Gasteiger partial charge is 0.268 e. The van der Waals surface area contributed by atoms with Gasteiger partial charge < -0.3 is 14.9 Å². The molecule has 3 rings (SSSR count). The summed E-state index contributed by atoms with van der Waals surface area (Å²) < 4.78 is 5.22. The van der Waals surface area contributed by atoms with Gasteiger partial charge in [0.05, 0.1) is 12.8 Å². The van der Waals surface area contributed by atoms with Crippen molar-refractivity contribution in [2.45, 2.75) is 25.9 Å². The van der Waals surface area contributed by atoms with E-state index in [0.717, 1.165) is 34.7 Å². The molecule has 5 nitrogen and oxygen atoms in total. The zero-order chi connectivity index (χ0) is 16.9. The number of amides is 1. The minimum absolute atomic E-state index is 0.183. The largest absolute Gasteiger partial charge is 0.497 e. The highest BCUT2D eigenvalue weighted by Gasteiger charge is 2.29. The van der Waals surface area contributed by atoms with Crippen molar-refractivity contribution in [2.75, 3.05) is 12.4 Å². The van der Waals surface area contributed by atoms with Crippen LogP contribution in [-0.4, -0.2) is 24.8 Å². The van der Waals surface area contributed by atoms with Crippen LogP contribution in [0.1, 0.15) is 24.5 Å². The van der Waals surface area contributed by atoms with E-state index in [1.54, 1.807) is 7.11 Å². The Morgan fingerprint density at radius 3 is 2.92 bits per heavy atom. The number of carbonyl (C=O) groups excluding carboxylic acids is 1. The second-order valence-electron chi connectivity index (χ2n) is 5.57. The molecule has 0 radical (unpaired) electrons. The molecule has 0 aromatic heterocycles. The van der Waals surface area contributed by atoms with Crippen LogP contribution in [0.3, 0.4) is 0 Å². The van der Waals surface area contributed by atoms with E-state index in [-0.39, 0.29) is 5.91 Å². The van der Waals surface area contributed by atoms with Crippen molar-refractivity contribution in [3.63, 3.8) is 0 Å². The zero-order valence-electron chi connectivity index (χ0n) is 13.8. The fourth-order valence-corrected chi connectivity index (χ4v) is 2.65. The summed E-state index contributed by atoms with van der Waals surface area (Å²) in [5, 5.41) is 7.00. The van der Waals surface area contributed by atoms with Crippen LogP contribution in [0.5, 0.6) is 5.75 Å². The number of carbonyl (C=O) groups is 1. The molecule has 124 valence electrons. The third kappa shape index (κ3) is 3.40. The quantitative estimate of drug-likeness (QED) is 0.917. The molecule has 0 fully saturated rings. The second kappa shape index (κ2) is 7.17. The third-order valence-electron chi connectivity index (χ3n) is 4.02. The molecule has 2 aromatic rings. The first-order valence-electron chi connectivity index (χ1n) is 7.97. The van der Waals surface area contributed by atoms with E-state index >= 15 is 0 Å². The van der Waals surface area contributed by atoms with Crippen molar-refractivity contribution in [1.82, 2.24) is 0 Å². The highest BCUT2D eigenvalue weighted by molar-refractivity contribution is 6.06. The molecule has 1 aliphatic heterocycles. The minimum Gasteiger partial charge on any atom is -0.497 e. The molecule has 1 N–H and O–H groups in total. The van der Waals surface area contributed by atoms with Crippen molar-refractivity contribution in [3.05, 3.63) is 59.7 Å². The van der Waals surface area contributed by atoms with Gasteiger partial charge in [-0.05, 0) is 30.2 Å². The van der Waals surface area contributed by atoms with Crippen LogP contribution in [0.25, 0.3) is 0 Å². The number of benzene rings is 2. The Kier molecular flexibility index (Phi) is 4.79. The van der Waals surface area contributed by atoms with E-state index in [1.807, 2.05) is 48.5 Å². The monoisotopic (exact) mass is 324 g/mol. The van der Waals surface area contributed by atoms with Gasteiger partial charge in [-0.2, -0.15) is 0 Å². The maximum absolute atomic E-state index is 12.4. The van der Waals surface area contributed by atoms with Gasteiger partial charge in [0.1, 0.15) is 5.75 Å². The van der Waals surface area contributed by atoms with E-state index in [0.29, 0.717) is 6.42 Å². The van der Waals surface area contributed by atoms with Gasteiger partial charge in [-0.15, -0.1) is 0 Å². The van der Waals surface area contributed by atoms with E-state index in [4.69, 9.17) is 9.57 Å². The van der Waals surface area contributed by atoms with E-state index in [9.17, 15) is 4.79 Å². The second-order valence-corrected chi connectivity index (χ2v) is 5.57. The molecular formula is C19H20N2O3. The summed E-state index contributed by atoms with van der Waals surface area (Å²) in [6, 6.07) is 15.3. The van der Waals surface area contributed by atoms with Crippen LogP contribution in [0.15, 0.2) is 53.7 Å². The lowest BCUT2D eigenvalue weighted by atomic mass is 10.0. The predicted octanol–water partition coefficient (Wildman–Crippen LogP) is 3.39. The molecule has 0 bridgehead atoms. The Hall–Kier alpha value is -2.82. The molecule has 1 aliphatic rings. The average molecular weight is 324 g/mol. The van der Waals surface area contributed by atoms with Gasteiger partial charge in [-0.25, -0.2) is 0 Å². The number of anilines is 1. The standard InChI is InChI=1S/C19H20N2O3/c1-3-13-7-4-5-10-16(13)20-19(22)18-12-17(21-24-18)14-8-6-9-15(11-14)23-2/h4-11,18H,3,12H2,1-2H3,(H,20,22)/t18-/m0/s1. The van der Waals surface area contributed by atoms with Crippen LogP contribution < -0.4 is 10.1 Å². The molecule has 0 spiro atoms. The molecule has 0 saturated carbocycles. The van der Waals surface area contributed by atoms with Gasteiger partial charge in [-0.3, -0.25) is 4.79 Å². The topological polar surface area (TPSA) is 59.9 Å². The summed E-state index contributed by atoms with van der Waals surface area (Å²) in [6.07, 6.45) is 0.678. The normalized spacial score (nSPS) is 16.2. The first kappa shape index (κ1) is 16.1. The number of methoxy groups -OCH3 is 1. The Balaban J connectivity index is 1.67. The molecule has 0 unspecified atom stereocenters. The minimum atomic E-state index is -0.615. The van der Waals surface area contributed by atoms with E-state index in [1.165, 1.54) is 0 Å². The van der Waals surface area contributed by atoms with Crippen molar-refractivity contribution in [1.29, 1.82) is 0 Å². The van der Waals surface area contributed by atoms with Gasteiger partial charge in [0.25, 0.3) is 5.91 Å². The molecule has 2 aromatic carbocycles. The van der Waals surface area contributed by atoms with Crippen LogP contribution in [0.4, 0.5) is 5.69 Å². The number of hydrogen-bond donors (Lipinski definition) is 1. The molecule has 1 heterocycles. The fourth-order valence-electron chi connectivity index (χ4n) is 2.65. The van der Waals surface area contributed by atoms with Crippen LogP contribution in [0.2, 0.25) is 0 Å². The number of nitrogens with one attached hydrogen (secondary N) is 1. The molecule has 0 aliphatic carbocycles. The number of oxime groups is 1. The highest BCUT2D eigenvalue weighted by Crippen LogP contribution is 2.22. The first-order valence-corrected chi connectivity index (χ1v) is 7.97. The Labute approximate surface area is 141 Å². The van der Waals surface area contributed by atoms with Crippen molar-refractivity contribution in [3.8, 4) is 5.75 Å². The molecular weight excluding hydrogens is 304 g/mol. The summed E-state index contributed by atoms with van der Waals surface area (Å²) in [5.41, 5.74) is 3.57. The maximum atomic E-state index is 12.4. The average Bonchev–Trinajstić information content (AvgIpc) is 3.12. The van der Waals surface area contributed by atoms with Crippen LogP contribution >= 0.6 is 0 Å². The SMILES string of the molecule is CCc1ccccc1NC(=O)[C@@H]1CC(c2cccc(OC)c2)=NO1. The third-order valence-corrected chi connectivity index (χ3v) is 4.02. The molecule has 5 heteroatoms. The summed E-state index contributed by atoms with van der Waals surface area (Å²) in [5.74, 6) is 0.567. The van der Waals surface area contributed by atoms with E-state index in [2.05, 4.69) is 17.4 Å². The molecule has 1 amide bonds. The number of rotatable bonds is 5. The number of ether oxygens (including phenoxy) is 1. The Morgan fingerprint density at radius 1 is 1.29 bits per heavy atom. The molecule has 1 atom stereocenters. The van der Waals surface area contributed by atoms with E-state index < -0.39 is 6.10 Å². The Morgan fingerprint density at radius 2 is 2.12 bits per heavy atom. The van der Waals surface area contributed by atoms with Crippen molar-refractivity contribution in [2.24, 2.45) is 5.16 Å². The maximum Gasteiger partial charge on any atom is 0.268 e. The lowest BCUT2D eigenvalue weighted by Crippen LogP contribution is -2.28. The summed E-state index contributed by atoms with van der Waals surface area (Å²) in [7, 11) is 1.62. The predicted molar refractivity (Wildman–Crippen MR) is 93.5 cm³/mol. The fraction of sp³-hybridized carbons (Fsp3) is 0.263. The first-order chi connectivity index (χ1) is 11.7. The Bertz CT molecular complexity index is 771. The van der Waals surface area contributed by atoms with Crippen molar-refractivity contribution >= 4 is 17.3 Å². The van der Waals surface area contributed by atoms with Gasteiger partial charge in [0.2, 0.25) is 6.10 Å². The lowest BCUT2D eigenvalue weighted by molar-refractivity contribution is -0.125. The van der Waals surface area contributed by atoms with Crippen LogP contribution in [0, 0.1) is 0 Å². The van der Waals surface area contributed by atoms with Gasteiger partial charge in [0, 0.05) is 17.7 Å². The number of para-hydroxylation sites is 1. The van der Waals surface area contributed by atoms with Gasteiger partial charge >= 0.3 is 0 Å². The number of hydrogen-bond acceptors (Lipinski definition) is 4.